The van der Waals surface area contributed by atoms with Gasteiger partial charge in [-0.3, -0.25) is 0 Å². The molecule has 86 valence electrons. The lowest BCUT2D eigenvalue weighted by molar-refractivity contribution is 0.574. The zero-order valence-electron chi connectivity index (χ0n) is 10.9. The Morgan fingerprint density at radius 3 is 2.33 bits per heavy atom. The minimum atomic E-state index is 0.788. The van der Waals surface area contributed by atoms with Crippen molar-refractivity contribution in [3.8, 4) is 0 Å². The summed E-state index contributed by atoms with van der Waals surface area (Å²) in [6.07, 6.45) is 10.5. The molecule has 1 aliphatic carbocycles. The molecule has 0 fully saturated rings. The molecule has 1 atom stereocenters. The van der Waals surface area contributed by atoms with Crippen LogP contribution in [0, 0.1) is 5.92 Å². The second kappa shape index (κ2) is 6.15. The van der Waals surface area contributed by atoms with Crippen molar-refractivity contribution in [2.75, 3.05) is 0 Å². The summed E-state index contributed by atoms with van der Waals surface area (Å²) in [6.45, 7) is 9.17. The average Bonchev–Trinajstić information content (AvgIpc) is 2.50. The molecule has 1 aliphatic rings. The zero-order chi connectivity index (χ0) is 11.3. The second-order valence-electron chi connectivity index (χ2n) is 4.88. The normalized spacial score (nSPS) is 21.1. The van der Waals surface area contributed by atoms with Gasteiger partial charge in [0, 0.05) is 5.92 Å². The first kappa shape index (κ1) is 12.5. The Kier molecular flexibility index (Phi) is 5.14. The largest absolute Gasteiger partial charge is 0.0654 e. The van der Waals surface area contributed by atoms with Gasteiger partial charge < -0.3 is 0 Å². The van der Waals surface area contributed by atoms with E-state index in [0.29, 0.717) is 0 Å². The van der Waals surface area contributed by atoms with Crippen LogP contribution in [0.3, 0.4) is 0 Å². The molecule has 0 spiro atoms. The molecular weight excluding hydrogens is 180 g/mol. The highest BCUT2D eigenvalue weighted by molar-refractivity contribution is 5.40. The van der Waals surface area contributed by atoms with E-state index in [4.69, 9.17) is 0 Å². The third-order valence-electron chi connectivity index (χ3n) is 3.66. The minimum Gasteiger partial charge on any atom is -0.0654 e. The number of rotatable bonds is 6. The van der Waals surface area contributed by atoms with Crippen LogP contribution in [0.4, 0.5) is 0 Å². The third-order valence-corrected chi connectivity index (χ3v) is 3.66. The van der Waals surface area contributed by atoms with E-state index in [1.54, 1.807) is 11.1 Å². The van der Waals surface area contributed by atoms with Crippen molar-refractivity contribution < 1.29 is 0 Å². The topological polar surface area (TPSA) is 0 Å². The first-order chi connectivity index (χ1) is 7.20. The molecule has 0 aliphatic heterocycles. The van der Waals surface area contributed by atoms with Gasteiger partial charge in [-0.05, 0) is 33.1 Å². The standard InChI is InChI=1S/C15H26/c1-5-7-9-14-11-12(3)13(4)15(14)10-8-6-2/h11,15H,5-10H2,1-4H3. The summed E-state index contributed by atoms with van der Waals surface area (Å²) < 4.78 is 0. The van der Waals surface area contributed by atoms with Gasteiger partial charge in [0.05, 0.1) is 0 Å². The molecule has 1 unspecified atom stereocenters. The van der Waals surface area contributed by atoms with Crippen LogP contribution in [0.2, 0.25) is 0 Å². The predicted molar refractivity (Wildman–Crippen MR) is 69.0 cm³/mol. The van der Waals surface area contributed by atoms with Gasteiger partial charge in [-0.2, -0.15) is 0 Å². The smallest absolute Gasteiger partial charge is 0.00131 e. The van der Waals surface area contributed by atoms with Crippen molar-refractivity contribution in [3.63, 3.8) is 0 Å². The van der Waals surface area contributed by atoms with E-state index >= 15 is 0 Å². The van der Waals surface area contributed by atoms with E-state index in [2.05, 4.69) is 33.8 Å². The van der Waals surface area contributed by atoms with Crippen LogP contribution in [0.15, 0.2) is 22.8 Å². The molecule has 0 aromatic heterocycles. The van der Waals surface area contributed by atoms with Gasteiger partial charge in [-0.1, -0.05) is 55.9 Å². The summed E-state index contributed by atoms with van der Waals surface area (Å²) in [7, 11) is 0. The Morgan fingerprint density at radius 1 is 1.07 bits per heavy atom. The van der Waals surface area contributed by atoms with E-state index in [-0.39, 0.29) is 0 Å². The molecule has 15 heavy (non-hydrogen) atoms. The highest BCUT2D eigenvalue weighted by atomic mass is 14.3. The highest BCUT2D eigenvalue weighted by Crippen LogP contribution is 2.37. The summed E-state index contributed by atoms with van der Waals surface area (Å²) in [5.74, 6) is 0.788. The van der Waals surface area contributed by atoms with Crippen molar-refractivity contribution in [1.82, 2.24) is 0 Å². The van der Waals surface area contributed by atoms with Crippen molar-refractivity contribution in [3.05, 3.63) is 22.8 Å². The number of unbranched alkanes of at least 4 members (excludes halogenated alkanes) is 2. The summed E-state index contributed by atoms with van der Waals surface area (Å²) >= 11 is 0. The molecule has 0 radical (unpaired) electrons. The van der Waals surface area contributed by atoms with Gasteiger partial charge in [-0.15, -0.1) is 0 Å². The van der Waals surface area contributed by atoms with Crippen molar-refractivity contribution >= 4 is 0 Å². The summed E-state index contributed by atoms with van der Waals surface area (Å²) in [4.78, 5) is 0. The third kappa shape index (κ3) is 3.22. The van der Waals surface area contributed by atoms with Crippen LogP contribution < -0.4 is 0 Å². The summed E-state index contributed by atoms with van der Waals surface area (Å²) in [5, 5.41) is 0. The summed E-state index contributed by atoms with van der Waals surface area (Å²) in [5.41, 5.74) is 4.87. The molecular formula is C15H26. The molecule has 0 amide bonds. The van der Waals surface area contributed by atoms with Crippen molar-refractivity contribution in [2.24, 2.45) is 5.92 Å². The second-order valence-corrected chi connectivity index (χ2v) is 4.88. The monoisotopic (exact) mass is 206 g/mol. The van der Waals surface area contributed by atoms with Gasteiger partial charge in [-0.25, -0.2) is 0 Å². The Morgan fingerprint density at radius 2 is 1.73 bits per heavy atom. The quantitative estimate of drug-likeness (QED) is 0.556. The molecule has 0 N–H and O–H groups in total. The van der Waals surface area contributed by atoms with Crippen LogP contribution in [0.1, 0.15) is 66.2 Å². The maximum atomic E-state index is 2.45. The van der Waals surface area contributed by atoms with Gasteiger partial charge in [0.1, 0.15) is 0 Å². The molecule has 0 saturated heterocycles. The van der Waals surface area contributed by atoms with Gasteiger partial charge >= 0.3 is 0 Å². The van der Waals surface area contributed by atoms with Crippen LogP contribution >= 0.6 is 0 Å². The molecule has 0 aromatic carbocycles. The fourth-order valence-electron chi connectivity index (χ4n) is 2.48. The van der Waals surface area contributed by atoms with E-state index in [1.807, 2.05) is 0 Å². The maximum Gasteiger partial charge on any atom is 0.00131 e. The number of hydrogen-bond donors (Lipinski definition) is 0. The van der Waals surface area contributed by atoms with Crippen molar-refractivity contribution in [2.45, 2.75) is 66.2 Å². The molecule has 0 heteroatoms. The lowest BCUT2D eigenvalue weighted by atomic mass is 9.88. The molecule has 1 rings (SSSR count). The fourth-order valence-corrected chi connectivity index (χ4v) is 2.48. The maximum absolute atomic E-state index is 2.45. The van der Waals surface area contributed by atoms with E-state index in [1.165, 1.54) is 44.1 Å². The van der Waals surface area contributed by atoms with Crippen LogP contribution in [0.25, 0.3) is 0 Å². The van der Waals surface area contributed by atoms with Crippen LogP contribution in [0.5, 0.6) is 0 Å². The first-order valence-electron chi connectivity index (χ1n) is 6.58. The fraction of sp³-hybridized carbons (Fsp3) is 0.733. The summed E-state index contributed by atoms with van der Waals surface area (Å²) in [6, 6.07) is 0. The Hall–Kier alpha value is -0.520. The molecule has 0 nitrogen and oxygen atoms in total. The van der Waals surface area contributed by atoms with E-state index in [9.17, 15) is 0 Å². The predicted octanol–water partition coefficient (Wildman–Crippen LogP) is 5.26. The van der Waals surface area contributed by atoms with E-state index in [0.717, 1.165) is 5.92 Å². The van der Waals surface area contributed by atoms with Gasteiger partial charge in [0.2, 0.25) is 0 Å². The van der Waals surface area contributed by atoms with Crippen LogP contribution in [-0.4, -0.2) is 0 Å². The van der Waals surface area contributed by atoms with E-state index < -0.39 is 0 Å². The zero-order valence-corrected chi connectivity index (χ0v) is 10.9. The average molecular weight is 206 g/mol. The number of hydrogen-bond acceptors (Lipinski definition) is 0. The minimum absolute atomic E-state index is 0.788. The Balaban J connectivity index is 2.58. The lowest BCUT2D eigenvalue weighted by Gasteiger charge is -2.17. The lowest BCUT2D eigenvalue weighted by Crippen LogP contribution is -2.03. The van der Waals surface area contributed by atoms with Gasteiger partial charge in [0.15, 0.2) is 0 Å². The Bertz CT molecular complexity index is 255. The highest BCUT2D eigenvalue weighted by Gasteiger charge is 2.21. The number of allylic oxidation sites excluding steroid dienone is 4. The molecule has 0 aromatic rings. The molecule has 0 saturated carbocycles. The van der Waals surface area contributed by atoms with Crippen molar-refractivity contribution in [1.29, 1.82) is 0 Å². The Labute approximate surface area is 95.5 Å². The molecule has 0 heterocycles. The SMILES string of the molecule is CCCCC1=CC(C)=C(C)C1CCCC. The molecule has 0 bridgehead atoms. The van der Waals surface area contributed by atoms with Crippen LogP contribution in [-0.2, 0) is 0 Å². The first-order valence-corrected chi connectivity index (χ1v) is 6.58. The van der Waals surface area contributed by atoms with Gasteiger partial charge in [0.25, 0.3) is 0 Å².